The smallest absolute Gasteiger partial charge is 0.304 e. The summed E-state index contributed by atoms with van der Waals surface area (Å²) in [6.07, 6.45) is 18.4. The monoisotopic (exact) mass is 309 g/mol. The highest BCUT2D eigenvalue weighted by Crippen LogP contribution is 2.03. The molecule has 1 N–H and O–H groups in total. The highest BCUT2D eigenvalue weighted by molar-refractivity contribution is 5.66. The fourth-order valence-electron chi connectivity index (χ4n) is 2.26. The first-order chi connectivity index (χ1) is 10.7. The van der Waals surface area contributed by atoms with Gasteiger partial charge in [-0.3, -0.25) is 4.79 Å². The first kappa shape index (κ1) is 20.9. The minimum Gasteiger partial charge on any atom is -0.481 e. The van der Waals surface area contributed by atoms with Crippen molar-refractivity contribution >= 4 is 5.97 Å². The molecule has 0 rings (SSSR count). The molecule has 0 aliphatic carbocycles. The maximum atomic E-state index is 10.8. The van der Waals surface area contributed by atoms with Crippen LogP contribution in [0.15, 0.2) is 24.3 Å². The number of hydrogen-bond donors (Lipinski definition) is 1. The van der Waals surface area contributed by atoms with E-state index in [2.05, 4.69) is 43.1 Å². The van der Waals surface area contributed by atoms with E-state index in [-0.39, 0.29) is 6.42 Å². The van der Waals surface area contributed by atoms with Gasteiger partial charge in [0.2, 0.25) is 0 Å². The topological polar surface area (TPSA) is 40.5 Å². The van der Waals surface area contributed by atoms with Gasteiger partial charge in [-0.1, -0.05) is 51.0 Å². The van der Waals surface area contributed by atoms with Gasteiger partial charge in [-0.15, -0.1) is 0 Å². The summed E-state index contributed by atoms with van der Waals surface area (Å²) in [6, 6.07) is 0. The van der Waals surface area contributed by atoms with E-state index in [1.807, 2.05) is 0 Å². The third-order valence-electron chi connectivity index (χ3n) is 3.58. The number of unbranched alkanes of at least 4 members (excludes halogenated alkanes) is 4. The van der Waals surface area contributed by atoms with E-state index in [0.29, 0.717) is 6.54 Å². The van der Waals surface area contributed by atoms with E-state index in [1.54, 1.807) is 0 Å². The minimum absolute atomic E-state index is 0.247. The fraction of sp³-hybridized carbons (Fsp3) is 0.737. The second kappa shape index (κ2) is 16.3. The van der Waals surface area contributed by atoms with E-state index >= 15 is 0 Å². The summed E-state index contributed by atoms with van der Waals surface area (Å²) in [4.78, 5) is 13.1. The zero-order chi connectivity index (χ0) is 16.5. The second-order valence-electron chi connectivity index (χ2n) is 5.79. The molecule has 0 aromatic rings. The molecule has 0 aromatic heterocycles. The van der Waals surface area contributed by atoms with Gasteiger partial charge in [0.05, 0.1) is 6.42 Å². The third kappa shape index (κ3) is 15.3. The SMILES string of the molecule is CCC/C=C/CCCN(CCC/C=C/CCC)CCC(=O)O. The summed E-state index contributed by atoms with van der Waals surface area (Å²) < 4.78 is 0. The number of rotatable bonds is 15. The molecule has 0 spiro atoms. The average Bonchev–Trinajstić information content (AvgIpc) is 2.50. The Morgan fingerprint density at radius 2 is 1.27 bits per heavy atom. The molecule has 22 heavy (non-hydrogen) atoms. The van der Waals surface area contributed by atoms with Crippen LogP contribution in [0.5, 0.6) is 0 Å². The molecule has 0 aliphatic rings. The van der Waals surface area contributed by atoms with Gasteiger partial charge in [0.15, 0.2) is 0 Å². The Kier molecular flexibility index (Phi) is 15.5. The summed E-state index contributed by atoms with van der Waals surface area (Å²) in [5, 5.41) is 8.85. The van der Waals surface area contributed by atoms with Crippen molar-refractivity contribution in [2.45, 2.75) is 71.6 Å². The Morgan fingerprint density at radius 3 is 1.68 bits per heavy atom. The molecule has 0 aromatic carbocycles. The molecule has 128 valence electrons. The number of hydrogen-bond acceptors (Lipinski definition) is 2. The lowest BCUT2D eigenvalue weighted by molar-refractivity contribution is -0.137. The molecule has 0 bridgehead atoms. The van der Waals surface area contributed by atoms with Gasteiger partial charge in [0.1, 0.15) is 0 Å². The zero-order valence-electron chi connectivity index (χ0n) is 14.6. The number of allylic oxidation sites excluding steroid dienone is 4. The summed E-state index contributed by atoms with van der Waals surface area (Å²) in [6.45, 7) is 7.05. The van der Waals surface area contributed by atoms with Crippen molar-refractivity contribution in [2.75, 3.05) is 19.6 Å². The van der Waals surface area contributed by atoms with Crippen LogP contribution in [0, 0.1) is 0 Å². The van der Waals surface area contributed by atoms with Crippen LogP contribution in [-0.2, 0) is 4.79 Å². The molecule has 0 atom stereocenters. The van der Waals surface area contributed by atoms with Crippen LogP contribution in [-0.4, -0.2) is 35.6 Å². The predicted octanol–water partition coefficient (Wildman–Crippen LogP) is 5.04. The Labute approximate surface area is 137 Å². The summed E-state index contributed by atoms with van der Waals surface area (Å²) in [5.41, 5.74) is 0. The van der Waals surface area contributed by atoms with Crippen molar-refractivity contribution in [3.8, 4) is 0 Å². The van der Waals surface area contributed by atoms with Crippen LogP contribution < -0.4 is 0 Å². The molecule has 0 amide bonds. The predicted molar refractivity (Wildman–Crippen MR) is 95.3 cm³/mol. The van der Waals surface area contributed by atoms with Gasteiger partial charge < -0.3 is 10.0 Å². The van der Waals surface area contributed by atoms with Gasteiger partial charge >= 0.3 is 5.97 Å². The fourth-order valence-corrected chi connectivity index (χ4v) is 2.26. The van der Waals surface area contributed by atoms with Crippen molar-refractivity contribution in [2.24, 2.45) is 0 Å². The van der Waals surface area contributed by atoms with Crippen molar-refractivity contribution in [1.82, 2.24) is 4.90 Å². The third-order valence-corrected chi connectivity index (χ3v) is 3.58. The highest BCUT2D eigenvalue weighted by Gasteiger charge is 2.06. The van der Waals surface area contributed by atoms with E-state index in [4.69, 9.17) is 5.11 Å². The number of carboxylic acids is 1. The molecule has 0 fully saturated rings. The zero-order valence-corrected chi connectivity index (χ0v) is 14.6. The number of nitrogens with zero attached hydrogens (tertiary/aromatic N) is 1. The lowest BCUT2D eigenvalue weighted by Gasteiger charge is -2.20. The Hall–Kier alpha value is -1.09. The van der Waals surface area contributed by atoms with Crippen molar-refractivity contribution in [1.29, 1.82) is 0 Å². The lowest BCUT2D eigenvalue weighted by atomic mass is 10.2. The van der Waals surface area contributed by atoms with E-state index in [1.165, 1.54) is 12.8 Å². The summed E-state index contributed by atoms with van der Waals surface area (Å²) >= 11 is 0. The summed E-state index contributed by atoms with van der Waals surface area (Å²) in [5.74, 6) is -0.698. The van der Waals surface area contributed by atoms with E-state index < -0.39 is 5.97 Å². The molecule has 0 heterocycles. The minimum atomic E-state index is -0.698. The number of aliphatic carboxylic acids is 1. The van der Waals surface area contributed by atoms with Crippen LogP contribution in [0.25, 0.3) is 0 Å². The second-order valence-corrected chi connectivity index (χ2v) is 5.79. The van der Waals surface area contributed by atoms with Crippen LogP contribution >= 0.6 is 0 Å². The maximum Gasteiger partial charge on any atom is 0.304 e. The molecule has 3 heteroatoms. The molecule has 3 nitrogen and oxygen atoms in total. The van der Waals surface area contributed by atoms with Crippen LogP contribution in [0.1, 0.15) is 71.6 Å². The van der Waals surface area contributed by atoms with E-state index in [9.17, 15) is 4.79 Å². The summed E-state index contributed by atoms with van der Waals surface area (Å²) in [7, 11) is 0. The van der Waals surface area contributed by atoms with Gasteiger partial charge in [0, 0.05) is 6.54 Å². The maximum absolute atomic E-state index is 10.8. The molecule has 0 aliphatic heterocycles. The molecule has 0 radical (unpaired) electrons. The van der Waals surface area contributed by atoms with Crippen molar-refractivity contribution < 1.29 is 9.90 Å². The number of carboxylic acid groups (broad SMARTS) is 1. The quantitative estimate of drug-likeness (QED) is 0.340. The molecular formula is C19H35NO2. The van der Waals surface area contributed by atoms with Gasteiger partial charge in [0.25, 0.3) is 0 Å². The first-order valence-electron chi connectivity index (χ1n) is 8.94. The van der Waals surface area contributed by atoms with Gasteiger partial charge in [-0.25, -0.2) is 0 Å². The van der Waals surface area contributed by atoms with Crippen molar-refractivity contribution in [3.05, 3.63) is 24.3 Å². The highest BCUT2D eigenvalue weighted by atomic mass is 16.4. The van der Waals surface area contributed by atoms with Crippen LogP contribution in [0.3, 0.4) is 0 Å². The first-order valence-corrected chi connectivity index (χ1v) is 8.94. The Morgan fingerprint density at radius 1 is 0.818 bits per heavy atom. The van der Waals surface area contributed by atoms with Gasteiger partial charge in [-0.05, 0) is 51.6 Å². The molecule has 0 saturated heterocycles. The van der Waals surface area contributed by atoms with E-state index in [0.717, 1.165) is 51.6 Å². The van der Waals surface area contributed by atoms with Crippen LogP contribution in [0.4, 0.5) is 0 Å². The normalized spacial score (nSPS) is 12.0. The largest absolute Gasteiger partial charge is 0.481 e. The van der Waals surface area contributed by atoms with Crippen LogP contribution in [0.2, 0.25) is 0 Å². The average molecular weight is 309 g/mol. The molecular weight excluding hydrogens is 274 g/mol. The molecule has 0 unspecified atom stereocenters. The Balaban J connectivity index is 3.90. The van der Waals surface area contributed by atoms with Crippen molar-refractivity contribution in [3.63, 3.8) is 0 Å². The standard InChI is InChI=1S/C19H35NO2/c1-3-5-7-9-11-13-16-20(18-15-19(21)22)17-14-12-10-8-6-4-2/h7-10H,3-6,11-18H2,1-2H3,(H,21,22)/b9-7+,10-8+. The van der Waals surface area contributed by atoms with Gasteiger partial charge in [-0.2, -0.15) is 0 Å². The number of carbonyl (C=O) groups is 1. The lowest BCUT2D eigenvalue weighted by Crippen LogP contribution is -2.28. The Bertz CT molecular complexity index is 289. The molecule has 0 saturated carbocycles.